The molecule has 1 atom stereocenters. The molecular formula is C13H20ClN3O3S. The quantitative estimate of drug-likeness (QED) is 0.792. The molecule has 1 saturated heterocycles. The average molecular weight is 334 g/mol. The van der Waals surface area contributed by atoms with E-state index in [1.807, 2.05) is 7.05 Å². The van der Waals surface area contributed by atoms with Gasteiger partial charge in [-0.15, -0.1) is 23.7 Å². The zero-order valence-corrected chi connectivity index (χ0v) is 13.7. The zero-order valence-electron chi connectivity index (χ0n) is 12.0. The van der Waals surface area contributed by atoms with E-state index in [9.17, 15) is 9.59 Å². The average Bonchev–Trinajstić information content (AvgIpc) is 3.07. The minimum atomic E-state index is -0.424. The summed E-state index contributed by atoms with van der Waals surface area (Å²) in [5.74, 6) is -0.531. The normalized spacial score (nSPS) is 18.1. The highest BCUT2D eigenvalue weighted by Crippen LogP contribution is 2.23. The fourth-order valence-corrected chi connectivity index (χ4v) is 3.03. The van der Waals surface area contributed by atoms with E-state index in [0.717, 1.165) is 19.5 Å². The van der Waals surface area contributed by atoms with Crippen LogP contribution in [0.1, 0.15) is 16.1 Å². The molecule has 8 heteroatoms. The van der Waals surface area contributed by atoms with Crippen molar-refractivity contribution in [3.63, 3.8) is 0 Å². The molecule has 2 rings (SSSR count). The van der Waals surface area contributed by atoms with E-state index in [2.05, 4.69) is 20.3 Å². The monoisotopic (exact) mass is 333 g/mol. The summed E-state index contributed by atoms with van der Waals surface area (Å²) >= 11 is 1.26. The van der Waals surface area contributed by atoms with Crippen LogP contribution in [0.2, 0.25) is 0 Å². The Bertz CT molecular complexity index is 495. The fraction of sp³-hybridized carbons (Fsp3) is 0.538. The number of halogens is 1. The number of amides is 1. The third-order valence-electron chi connectivity index (χ3n) is 3.36. The predicted octanol–water partition coefficient (Wildman–Crippen LogP) is 1.19. The van der Waals surface area contributed by atoms with Crippen molar-refractivity contribution in [2.75, 3.05) is 39.1 Å². The van der Waals surface area contributed by atoms with E-state index in [1.165, 1.54) is 18.4 Å². The second-order valence-corrected chi connectivity index (χ2v) is 5.63. The topological polar surface area (TPSA) is 70.7 Å². The van der Waals surface area contributed by atoms with Gasteiger partial charge < -0.3 is 15.4 Å². The lowest BCUT2D eigenvalue weighted by atomic mass is 10.3. The summed E-state index contributed by atoms with van der Waals surface area (Å²) in [4.78, 5) is 26.0. The highest BCUT2D eigenvalue weighted by Gasteiger charge is 2.23. The number of nitrogens with zero attached hydrogens (tertiary/aromatic N) is 1. The number of esters is 1. The van der Waals surface area contributed by atoms with Crippen LogP contribution >= 0.6 is 23.7 Å². The summed E-state index contributed by atoms with van der Waals surface area (Å²) in [5, 5.41) is 7.74. The standard InChI is InChI=1S/C13H19N3O3S.ClH/c1-14-9-3-5-16(7-9)8-11(17)15-10-4-6-20-12(10)13(18)19-2;/h4,6,9,14H,3,5,7-8H2,1-2H3,(H,15,17);1H. The van der Waals surface area contributed by atoms with E-state index >= 15 is 0 Å². The molecule has 1 aliphatic heterocycles. The van der Waals surface area contributed by atoms with Gasteiger partial charge in [0.1, 0.15) is 4.88 Å². The van der Waals surface area contributed by atoms with E-state index in [1.54, 1.807) is 11.4 Å². The first-order valence-corrected chi connectivity index (χ1v) is 7.37. The van der Waals surface area contributed by atoms with Crippen molar-refractivity contribution >= 4 is 41.3 Å². The van der Waals surface area contributed by atoms with Gasteiger partial charge in [0.15, 0.2) is 0 Å². The van der Waals surface area contributed by atoms with Crippen LogP contribution < -0.4 is 10.6 Å². The lowest BCUT2D eigenvalue weighted by Gasteiger charge is -2.15. The van der Waals surface area contributed by atoms with Gasteiger partial charge in [0.25, 0.3) is 0 Å². The summed E-state index contributed by atoms with van der Waals surface area (Å²) in [5.41, 5.74) is 0.524. The number of nitrogens with one attached hydrogen (secondary N) is 2. The number of anilines is 1. The molecule has 1 fully saturated rings. The number of thiophene rings is 1. The van der Waals surface area contributed by atoms with E-state index < -0.39 is 5.97 Å². The Morgan fingerprint density at radius 1 is 1.52 bits per heavy atom. The first-order chi connectivity index (χ1) is 9.63. The third-order valence-corrected chi connectivity index (χ3v) is 4.25. The van der Waals surface area contributed by atoms with Crippen molar-refractivity contribution in [1.29, 1.82) is 0 Å². The first kappa shape index (κ1) is 17.9. The molecule has 0 aromatic carbocycles. The number of ether oxygens (including phenoxy) is 1. The molecule has 1 aromatic heterocycles. The number of carbonyl (C=O) groups excluding carboxylic acids is 2. The Morgan fingerprint density at radius 2 is 2.29 bits per heavy atom. The van der Waals surface area contributed by atoms with Crippen molar-refractivity contribution < 1.29 is 14.3 Å². The maximum Gasteiger partial charge on any atom is 0.350 e. The summed E-state index contributed by atoms with van der Waals surface area (Å²) in [6, 6.07) is 2.17. The molecule has 0 radical (unpaired) electrons. The Kier molecular flexibility index (Phi) is 7.10. The number of rotatable bonds is 5. The summed E-state index contributed by atoms with van der Waals surface area (Å²) < 4.78 is 4.68. The van der Waals surface area contributed by atoms with Crippen molar-refractivity contribution in [1.82, 2.24) is 10.2 Å². The van der Waals surface area contributed by atoms with Crippen molar-refractivity contribution in [2.45, 2.75) is 12.5 Å². The summed E-state index contributed by atoms with van der Waals surface area (Å²) in [6.07, 6.45) is 1.05. The molecule has 0 saturated carbocycles. The molecule has 1 aromatic rings. The SMILES string of the molecule is CNC1CCN(CC(=O)Nc2ccsc2C(=O)OC)C1.Cl. The smallest absolute Gasteiger partial charge is 0.350 e. The second-order valence-electron chi connectivity index (χ2n) is 4.71. The molecule has 0 aliphatic carbocycles. The van der Waals surface area contributed by atoms with Crippen LogP contribution in [0, 0.1) is 0 Å². The van der Waals surface area contributed by atoms with Crippen molar-refractivity contribution in [3.05, 3.63) is 16.3 Å². The molecule has 2 heterocycles. The highest BCUT2D eigenvalue weighted by atomic mass is 35.5. The molecule has 2 N–H and O–H groups in total. The van der Waals surface area contributed by atoms with Crippen LogP contribution in [-0.2, 0) is 9.53 Å². The Balaban J connectivity index is 0.00000220. The minimum absolute atomic E-state index is 0. The van der Waals surface area contributed by atoms with Crippen LogP contribution in [0.4, 0.5) is 5.69 Å². The molecule has 118 valence electrons. The maximum absolute atomic E-state index is 12.0. The highest BCUT2D eigenvalue weighted by molar-refractivity contribution is 7.12. The number of hydrogen-bond acceptors (Lipinski definition) is 6. The summed E-state index contributed by atoms with van der Waals surface area (Å²) in [6.45, 7) is 2.12. The van der Waals surface area contributed by atoms with Crippen LogP contribution in [0.15, 0.2) is 11.4 Å². The van der Waals surface area contributed by atoms with Crippen molar-refractivity contribution in [3.8, 4) is 0 Å². The van der Waals surface area contributed by atoms with Gasteiger partial charge in [-0.2, -0.15) is 0 Å². The lowest BCUT2D eigenvalue weighted by molar-refractivity contribution is -0.117. The van der Waals surface area contributed by atoms with Gasteiger partial charge >= 0.3 is 5.97 Å². The van der Waals surface area contributed by atoms with Crippen LogP contribution in [-0.4, -0.2) is 56.6 Å². The van der Waals surface area contributed by atoms with Crippen LogP contribution in [0.3, 0.4) is 0 Å². The fourth-order valence-electron chi connectivity index (χ4n) is 2.26. The van der Waals surface area contributed by atoms with Gasteiger partial charge in [0.2, 0.25) is 5.91 Å². The summed E-state index contributed by atoms with van der Waals surface area (Å²) in [7, 11) is 3.26. The predicted molar refractivity (Wildman–Crippen MR) is 85.4 cm³/mol. The van der Waals surface area contributed by atoms with E-state index in [4.69, 9.17) is 0 Å². The van der Waals surface area contributed by atoms with Crippen molar-refractivity contribution in [2.24, 2.45) is 0 Å². The first-order valence-electron chi connectivity index (χ1n) is 6.49. The van der Waals surface area contributed by atoms with Gasteiger partial charge in [0, 0.05) is 19.1 Å². The Hall–Kier alpha value is -1.15. The molecular weight excluding hydrogens is 314 g/mol. The minimum Gasteiger partial charge on any atom is -0.465 e. The van der Waals surface area contributed by atoms with Crippen LogP contribution in [0.5, 0.6) is 0 Å². The molecule has 6 nitrogen and oxygen atoms in total. The van der Waals surface area contributed by atoms with Gasteiger partial charge in [-0.3, -0.25) is 9.69 Å². The largest absolute Gasteiger partial charge is 0.465 e. The number of hydrogen-bond donors (Lipinski definition) is 2. The second kappa shape index (κ2) is 8.33. The third kappa shape index (κ3) is 4.67. The van der Waals surface area contributed by atoms with Gasteiger partial charge in [-0.05, 0) is 24.9 Å². The Morgan fingerprint density at radius 3 is 2.90 bits per heavy atom. The molecule has 1 aliphatic rings. The van der Waals surface area contributed by atoms with Crippen LogP contribution in [0.25, 0.3) is 0 Å². The molecule has 1 amide bonds. The lowest BCUT2D eigenvalue weighted by Crippen LogP contribution is -2.34. The van der Waals surface area contributed by atoms with Gasteiger partial charge in [-0.25, -0.2) is 4.79 Å². The molecule has 0 spiro atoms. The molecule has 21 heavy (non-hydrogen) atoms. The van der Waals surface area contributed by atoms with Gasteiger partial charge in [-0.1, -0.05) is 0 Å². The number of carbonyl (C=O) groups is 2. The maximum atomic E-state index is 12.0. The van der Waals surface area contributed by atoms with E-state index in [-0.39, 0.29) is 18.3 Å². The number of likely N-dealkylation sites (N-methyl/N-ethyl adjacent to an activating group) is 1. The Labute approximate surface area is 134 Å². The van der Waals surface area contributed by atoms with E-state index in [0.29, 0.717) is 23.2 Å². The molecule has 1 unspecified atom stereocenters. The number of methoxy groups -OCH3 is 1. The molecule has 0 bridgehead atoms. The number of likely N-dealkylation sites (tertiary alicyclic amines) is 1. The van der Waals surface area contributed by atoms with Gasteiger partial charge in [0.05, 0.1) is 19.3 Å². The zero-order chi connectivity index (χ0) is 14.5.